The molecule has 0 saturated heterocycles. The minimum Gasteiger partial charge on any atom is -0.310 e. The molecule has 70 valence electrons. The molecule has 0 radical (unpaired) electrons. The van der Waals surface area contributed by atoms with E-state index in [0.717, 1.165) is 18.5 Å². The lowest BCUT2D eigenvalue weighted by molar-refractivity contribution is 0.308. The lowest BCUT2D eigenvalue weighted by Crippen LogP contribution is -2.33. The van der Waals surface area contributed by atoms with Gasteiger partial charge in [0.2, 0.25) is 0 Å². The molecule has 12 heavy (non-hydrogen) atoms. The molecule has 1 rings (SSSR count). The summed E-state index contributed by atoms with van der Waals surface area (Å²) in [6.07, 6.45) is 7.41. The summed E-state index contributed by atoms with van der Waals surface area (Å²) in [5, 5.41) is 3.48. The van der Waals surface area contributed by atoms with Crippen LogP contribution in [0.5, 0.6) is 0 Å². The Bertz CT molecular complexity index is 145. The number of hydrogen-bond donors (Lipinski definition) is 1. The summed E-state index contributed by atoms with van der Waals surface area (Å²) in [7, 11) is 0. The number of rotatable bonds is 3. The van der Waals surface area contributed by atoms with Gasteiger partial charge in [0.05, 0.1) is 0 Å². The number of halogens is 1. The Morgan fingerprint density at radius 1 is 1.50 bits per heavy atom. The van der Waals surface area contributed by atoms with Crippen LogP contribution in [0.25, 0.3) is 0 Å². The quantitative estimate of drug-likeness (QED) is 0.717. The van der Waals surface area contributed by atoms with Crippen LogP contribution in [0.1, 0.15) is 32.6 Å². The lowest BCUT2D eigenvalue weighted by Gasteiger charge is -2.27. The van der Waals surface area contributed by atoms with Gasteiger partial charge in [-0.3, -0.25) is 0 Å². The van der Waals surface area contributed by atoms with E-state index >= 15 is 0 Å². The Morgan fingerprint density at radius 3 is 3.00 bits per heavy atom. The van der Waals surface area contributed by atoms with Gasteiger partial charge in [-0.2, -0.15) is 0 Å². The molecule has 0 aromatic rings. The molecule has 2 heteroatoms. The fraction of sp³-hybridized carbons (Fsp3) is 0.800. The molecular formula is C10H18ClN. The zero-order valence-corrected chi connectivity index (χ0v) is 8.48. The zero-order chi connectivity index (χ0) is 8.81. The summed E-state index contributed by atoms with van der Waals surface area (Å²) in [5.74, 6) is 0.899. The van der Waals surface area contributed by atoms with E-state index in [0.29, 0.717) is 0 Å². The number of nitrogens with one attached hydrogen (secondary N) is 1. The normalized spacial score (nSPS) is 31.2. The van der Waals surface area contributed by atoms with Crippen molar-refractivity contribution in [1.82, 2.24) is 5.32 Å². The van der Waals surface area contributed by atoms with Gasteiger partial charge < -0.3 is 5.32 Å². The van der Waals surface area contributed by atoms with E-state index in [4.69, 9.17) is 11.6 Å². The van der Waals surface area contributed by atoms with Crippen molar-refractivity contribution in [2.45, 2.75) is 38.6 Å². The Hall–Kier alpha value is -0.0100. The van der Waals surface area contributed by atoms with Crippen molar-refractivity contribution in [3.05, 3.63) is 11.6 Å². The fourth-order valence-corrected chi connectivity index (χ4v) is 1.99. The van der Waals surface area contributed by atoms with Crippen molar-refractivity contribution in [2.75, 3.05) is 6.54 Å². The highest BCUT2D eigenvalue weighted by Gasteiger charge is 2.17. The third-order valence-electron chi connectivity index (χ3n) is 2.55. The molecular weight excluding hydrogens is 170 g/mol. The lowest BCUT2D eigenvalue weighted by atomic mass is 9.87. The monoisotopic (exact) mass is 187 g/mol. The highest BCUT2D eigenvalue weighted by molar-refractivity contribution is 6.25. The van der Waals surface area contributed by atoms with Gasteiger partial charge in [0.25, 0.3) is 0 Å². The van der Waals surface area contributed by atoms with Crippen LogP contribution >= 0.6 is 11.6 Å². The van der Waals surface area contributed by atoms with E-state index in [1.165, 1.54) is 25.7 Å². The van der Waals surface area contributed by atoms with Gasteiger partial charge in [-0.25, -0.2) is 0 Å². The van der Waals surface area contributed by atoms with E-state index < -0.39 is 0 Å². The summed E-state index contributed by atoms with van der Waals surface area (Å²) in [4.78, 5) is 0. The zero-order valence-electron chi connectivity index (χ0n) is 7.72. The maximum atomic E-state index is 5.43. The van der Waals surface area contributed by atoms with Crippen LogP contribution < -0.4 is 5.32 Å². The summed E-state index contributed by atoms with van der Waals surface area (Å²) in [6, 6.07) is 0.724. The predicted octanol–water partition coefficient (Wildman–Crippen LogP) is 2.91. The first-order valence-corrected chi connectivity index (χ1v) is 5.25. The van der Waals surface area contributed by atoms with Crippen LogP contribution in [0.4, 0.5) is 0 Å². The molecule has 1 N–H and O–H groups in total. The molecule has 1 aliphatic rings. The van der Waals surface area contributed by atoms with Crippen LogP contribution in [0.3, 0.4) is 0 Å². The molecule has 0 heterocycles. The Morgan fingerprint density at radius 2 is 2.33 bits per heavy atom. The fourth-order valence-electron chi connectivity index (χ4n) is 1.90. The predicted molar refractivity (Wildman–Crippen MR) is 54.4 cm³/mol. The first-order valence-electron chi connectivity index (χ1n) is 4.81. The van der Waals surface area contributed by atoms with Crippen molar-refractivity contribution in [1.29, 1.82) is 0 Å². The Labute approximate surface area is 80.2 Å². The molecule has 0 aliphatic heterocycles. The van der Waals surface area contributed by atoms with E-state index in [1.807, 2.05) is 6.08 Å². The van der Waals surface area contributed by atoms with Crippen LogP contribution in [0.2, 0.25) is 0 Å². The molecule has 0 aromatic heterocycles. The Balaban J connectivity index is 2.14. The molecule has 0 amide bonds. The third kappa shape index (κ3) is 3.59. The second kappa shape index (κ2) is 5.60. The van der Waals surface area contributed by atoms with Gasteiger partial charge in [-0.05, 0) is 18.8 Å². The van der Waals surface area contributed by atoms with Crippen molar-refractivity contribution >= 4 is 11.6 Å². The van der Waals surface area contributed by atoms with Crippen LogP contribution in [0, 0.1) is 5.92 Å². The molecule has 2 unspecified atom stereocenters. The van der Waals surface area contributed by atoms with Crippen molar-refractivity contribution in [2.24, 2.45) is 5.92 Å². The largest absolute Gasteiger partial charge is 0.310 e. The van der Waals surface area contributed by atoms with Crippen molar-refractivity contribution in [3.8, 4) is 0 Å². The molecule has 2 atom stereocenters. The summed E-state index contributed by atoms with van der Waals surface area (Å²) in [6.45, 7) is 3.26. The highest BCUT2D eigenvalue weighted by Crippen LogP contribution is 2.23. The van der Waals surface area contributed by atoms with Crippen LogP contribution in [-0.4, -0.2) is 12.6 Å². The second-order valence-corrected chi connectivity index (χ2v) is 3.99. The van der Waals surface area contributed by atoms with Crippen LogP contribution in [0.15, 0.2) is 11.6 Å². The summed E-state index contributed by atoms with van der Waals surface area (Å²) >= 11 is 5.43. The minimum atomic E-state index is 0.724. The first kappa shape index (κ1) is 10.1. The molecule has 1 nitrogen and oxygen atoms in total. The van der Waals surface area contributed by atoms with E-state index in [2.05, 4.69) is 12.2 Å². The molecule has 1 saturated carbocycles. The molecule has 1 fully saturated rings. The van der Waals surface area contributed by atoms with Gasteiger partial charge >= 0.3 is 0 Å². The van der Waals surface area contributed by atoms with Crippen molar-refractivity contribution in [3.63, 3.8) is 0 Å². The van der Waals surface area contributed by atoms with Crippen molar-refractivity contribution < 1.29 is 0 Å². The highest BCUT2D eigenvalue weighted by atomic mass is 35.5. The van der Waals surface area contributed by atoms with Gasteiger partial charge in [-0.1, -0.05) is 37.4 Å². The maximum absolute atomic E-state index is 5.43. The SMILES string of the molecule is CC1CCCC(NC/C=C/Cl)C1. The molecule has 0 aromatic carbocycles. The topological polar surface area (TPSA) is 12.0 Å². The first-order chi connectivity index (χ1) is 5.83. The second-order valence-electron chi connectivity index (χ2n) is 3.74. The van der Waals surface area contributed by atoms with Crippen LogP contribution in [-0.2, 0) is 0 Å². The molecule has 1 aliphatic carbocycles. The van der Waals surface area contributed by atoms with Gasteiger partial charge in [0.15, 0.2) is 0 Å². The van der Waals surface area contributed by atoms with Gasteiger partial charge in [0.1, 0.15) is 0 Å². The summed E-state index contributed by atoms with van der Waals surface area (Å²) in [5.41, 5.74) is 1.58. The smallest absolute Gasteiger partial charge is 0.0149 e. The van der Waals surface area contributed by atoms with E-state index in [-0.39, 0.29) is 0 Å². The Kier molecular flexibility index (Phi) is 4.70. The van der Waals surface area contributed by atoms with E-state index in [9.17, 15) is 0 Å². The minimum absolute atomic E-state index is 0.724. The summed E-state index contributed by atoms with van der Waals surface area (Å²) < 4.78 is 0. The molecule has 0 bridgehead atoms. The van der Waals surface area contributed by atoms with E-state index in [1.54, 1.807) is 5.54 Å². The average Bonchev–Trinajstić information content (AvgIpc) is 2.05. The average molecular weight is 188 g/mol. The molecule has 0 spiro atoms. The van der Waals surface area contributed by atoms with Gasteiger partial charge in [0, 0.05) is 18.1 Å². The maximum Gasteiger partial charge on any atom is 0.0149 e. The third-order valence-corrected chi connectivity index (χ3v) is 2.73. The standard InChI is InChI=1S/C10H18ClN/c1-9-4-2-5-10(8-9)12-7-3-6-11/h3,6,9-10,12H,2,4-5,7-8H2,1H3/b6-3+. The van der Waals surface area contributed by atoms with Gasteiger partial charge in [-0.15, -0.1) is 0 Å². The number of hydrogen-bond acceptors (Lipinski definition) is 1.